The van der Waals surface area contributed by atoms with E-state index in [1.807, 2.05) is 19.9 Å². The van der Waals surface area contributed by atoms with E-state index < -0.39 is 5.56 Å². The Morgan fingerprint density at radius 2 is 2.00 bits per heavy atom. The summed E-state index contributed by atoms with van der Waals surface area (Å²) in [6.45, 7) is 4.91. The molecule has 0 spiro atoms. The molecule has 0 aliphatic carbocycles. The molecule has 0 aliphatic rings. The van der Waals surface area contributed by atoms with E-state index in [1.165, 1.54) is 0 Å². The van der Waals surface area contributed by atoms with Crippen molar-refractivity contribution in [3.8, 4) is 11.4 Å². The molecule has 1 N–H and O–H groups in total. The Labute approximate surface area is 131 Å². The van der Waals surface area contributed by atoms with Crippen LogP contribution in [0, 0.1) is 0 Å². The minimum Gasteiger partial charge on any atom is -0.339 e. The van der Waals surface area contributed by atoms with Crippen molar-refractivity contribution in [3.63, 3.8) is 0 Å². The highest BCUT2D eigenvalue weighted by atomic mass is 79.9. The van der Waals surface area contributed by atoms with Crippen LogP contribution in [0.1, 0.15) is 24.2 Å². The van der Waals surface area contributed by atoms with Gasteiger partial charge in [0.1, 0.15) is 11.3 Å². The summed E-state index contributed by atoms with van der Waals surface area (Å²) >= 11 is 3.39. The summed E-state index contributed by atoms with van der Waals surface area (Å²) < 4.78 is 0.781. The van der Waals surface area contributed by atoms with E-state index >= 15 is 0 Å². The van der Waals surface area contributed by atoms with Crippen LogP contribution in [0.3, 0.4) is 0 Å². The summed E-state index contributed by atoms with van der Waals surface area (Å²) in [5.41, 5.74) is 0.955. The average Bonchev–Trinajstić information content (AvgIpc) is 2.48. The van der Waals surface area contributed by atoms with Gasteiger partial charge in [0.15, 0.2) is 0 Å². The van der Waals surface area contributed by atoms with Gasteiger partial charge in [-0.15, -0.1) is 0 Å². The summed E-state index contributed by atoms with van der Waals surface area (Å²) in [6.07, 6.45) is 1.65. The zero-order valence-corrected chi connectivity index (χ0v) is 13.5. The number of aromatic nitrogens is 2. The van der Waals surface area contributed by atoms with Crippen molar-refractivity contribution in [1.29, 1.82) is 0 Å². The van der Waals surface area contributed by atoms with Gasteiger partial charge in [0.25, 0.3) is 11.5 Å². The van der Waals surface area contributed by atoms with Crippen LogP contribution in [0.15, 0.2) is 39.7 Å². The number of pyridine rings is 2. The molecule has 2 aromatic heterocycles. The van der Waals surface area contributed by atoms with E-state index in [2.05, 4.69) is 25.9 Å². The molecule has 110 valence electrons. The fourth-order valence-corrected chi connectivity index (χ4v) is 2.51. The van der Waals surface area contributed by atoms with Crippen molar-refractivity contribution in [2.24, 2.45) is 0 Å². The van der Waals surface area contributed by atoms with E-state index in [4.69, 9.17) is 0 Å². The normalized spacial score (nSPS) is 10.4. The highest BCUT2D eigenvalue weighted by molar-refractivity contribution is 9.10. The Morgan fingerprint density at radius 3 is 2.57 bits per heavy atom. The molecule has 0 bridgehead atoms. The summed E-state index contributed by atoms with van der Waals surface area (Å²) in [5.74, 6) is -0.257. The topological polar surface area (TPSA) is 66.1 Å². The molecule has 2 heterocycles. The standard InChI is InChI=1S/C15H16BrN3O2/c1-3-19(4-2)15(21)10-7-8-12(18-14(10)20)13-11(16)6-5-9-17-13/h5-9H,3-4H2,1-2H3,(H,18,20). The van der Waals surface area contributed by atoms with Gasteiger partial charge in [-0.3, -0.25) is 14.6 Å². The SMILES string of the molecule is CCN(CC)C(=O)c1ccc(-c2ncccc2Br)[nH]c1=O. The highest BCUT2D eigenvalue weighted by Crippen LogP contribution is 2.23. The summed E-state index contributed by atoms with van der Waals surface area (Å²) in [6, 6.07) is 6.89. The number of carbonyl (C=O) groups excluding carboxylic acids is 1. The fourth-order valence-electron chi connectivity index (χ4n) is 2.05. The summed E-state index contributed by atoms with van der Waals surface area (Å²) in [7, 11) is 0. The van der Waals surface area contributed by atoms with Crippen molar-refractivity contribution >= 4 is 21.8 Å². The molecule has 2 rings (SSSR count). The molecule has 5 nitrogen and oxygen atoms in total. The van der Waals surface area contributed by atoms with Gasteiger partial charge in [-0.2, -0.15) is 0 Å². The van der Waals surface area contributed by atoms with Gasteiger partial charge in [0, 0.05) is 23.8 Å². The molecular weight excluding hydrogens is 334 g/mol. The third kappa shape index (κ3) is 3.21. The van der Waals surface area contributed by atoms with E-state index in [-0.39, 0.29) is 11.5 Å². The minimum absolute atomic E-state index is 0.148. The van der Waals surface area contributed by atoms with E-state index in [0.717, 1.165) is 4.47 Å². The maximum Gasteiger partial charge on any atom is 0.261 e. The predicted octanol–water partition coefficient (Wildman–Crippen LogP) is 2.68. The third-order valence-electron chi connectivity index (χ3n) is 3.20. The first-order valence-electron chi connectivity index (χ1n) is 6.72. The molecule has 2 aromatic rings. The molecule has 6 heteroatoms. The average molecular weight is 350 g/mol. The molecule has 21 heavy (non-hydrogen) atoms. The quantitative estimate of drug-likeness (QED) is 0.922. The van der Waals surface area contributed by atoms with Crippen LogP contribution in [-0.4, -0.2) is 33.9 Å². The summed E-state index contributed by atoms with van der Waals surface area (Å²) in [4.78, 5) is 32.9. The maximum atomic E-state index is 12.2. The monoisotopic (exact) mass is 349 g/mol. The van der Waals surface area contributed by atoms with Crippen molar-refractivity contribution < 1.29 is 4.79 Å². The Bertz CT molecular complexity index is 708. The molecule has 0 saturated heterocycles. The number of hydrogen-bond acceptors (Lipinski definition) is 3. The molecular formula is C15H16BrN3O2. The number of H-pyrrole nitrogens is 1. The minimum atomic E-state index is -0.401. The first-order valence-corrected chi connectivity index (χ1v) is 7.51. The van der Waals surface area contributed by atoms with Crippen LogP contribution in [0.5, 0.6) is 0 Å². The van der Waals surface area contributed by atoms with E-state index in [9.17, 15) is 9.59 Å². The molecule has 0 aromatic carbocycles. The zero-order chi connectivity index (χ0) is 15.4. The van der Waals surface area contributed by atoms with Crippen molar-refractivity contribution in [2.75, 3.05) is 13.1 Å². The lowest BCUT2D eigenvalue weighted by Gasteiger charge is -2.18. The maximum absolute atomic E-state index is 12.2. The molecule has 0 aliphatic heterocycles. The van der Waals surface area contributed by atoms with Crippen LogP contribution in [-0.2, 0) is 0 Å². The highest BCUT2D eigenvalue weighted by Gasteiger charge is 2.17. The lowest BCUT2D eigenvalue weighted by Crippen LogP contribution is -2.34. The van der Waals surface area contributed by atoms with Gasteiger partial charge in [-0.25, -0.2) is 0 Å². The summed E-state index contributed by atoms with van der Waals surface area (Å²) in [5, 5.41) is 0. The largest absolute Gasteiger partial charge is 0.339 e. The number of hydrogen-bond donors (Lipinski definition) is 1. The molecule has 1 amide bonds. The van der Waals surface area contributed by atoms with E-state index in [1.54, 1.807) is 29.3 Å². The third-order valence-corrected chi connectivity index (χ3v) is 3.84. The number of halogens is 1. The van der Waals surface area contributed by atoms with E-state index in [0.29, 0.717) is 24.5 Å². The van der Waals surface area contributed by atoms with Crippen LogP contribution < -0.4 is 5.56 Å². The number of nitrogens with one attached hydrogen (secondary N) is 1. The molecule has 0 atom stereocenters. The number of carbonyl (C=O) groups is 1. The van der Waals surface area contributed by atoms with Crippen molar-refractivity contribution in [3.05, 3.63) is 50.9 Å². The van der Waals surface area contributed by atoms with Crippen LogP contribution in [0.25, 0.3) is 11.4 Å². The fraction of sp³-hybridized carbons (Fsp3) is 0.267. The Morgan fingerprint density at radius 1 is 1.29 bits per heavy atom. The van der Waals surface area contributed by atoms with Crippen LogP contribution in [0.2, 0.25) is 0 Å². The lowest BCUT2D eigenvalue weighted by atomic mass is 10.2. The molecule has 0 unspecified atom stereocenters. The van der Waals surface area contributed by atoms with Gasteiger partial charge < -0.3 is 9.88 Å². The van der Waals surface area contributed by atoms with Crippen molar-refractivity contribution in [2.45, 2.75) is 13.8 Å². The van der Waals surface area contributed by atoms with Gasteiger partial charge in [-0.1, -0.05) is 0 Å². The van der Waals surface area contributed by atoms with Crippen LogP contribution >= 0.6 is 15.9 Å². The number of aromatic amines is 1. The van der Waals surface area contributed by atoms with Gasteiger partial charge in [0.2, 0.25) is 0 Å². The number of rotatable bonds is 4. The van der Waals surface area contributed by atoms with Gasteiger partial charge in [-0.05, 0) is 54.0 Å². The van der Waals surface area contributed by atoms with Gasteiger partial charge in [0.05, 0.1) is 5.69 Å². The van der Waals surface area contributed by atoms with Crippen LogP contribution in [0.4, 0.5) is 0 Å². The molecule has 0 radical (unpaired) electrons. The Hall–Kier alpha value is -1.95. The second kappa shape index (κ2) is 6.67. The Balaban J connectivity index is 2.41. The number of amides is 1. The second-order valence-corrected chi connectivity index (χ2v) is 5.28. The predicted molar refractivity (Wildman–Crippen MR) is 85.2 cm³/mol. The smallest absolute Gasteiger partial charge is 0.261 e. The Kier molecular flexibility index (Phi) is 4.90. The molecule has 0 fully saturated rings. The van der Waals surface area contributed by atoms with Crippen molar-refractivity contribution in [1.82, 2.24) is 14.9 Å². The lowest BCUT2D eigenvalue weighted by molar-refractivity contribution is 0.0771. The second-order valence-electron chi connectivity index (χ2n) is 4.43. The number of nitrogens with zero attached hydrogens (tertiary/aromatic N) is 2. The molecule has 0 saturated carbocycles. The first-order chi connectivity index (χ1) is 10.1. The zero-order valence-electron chi connectivity index (χ0n) is 11.9. The first kappa shape index (κ1) is 15.4. The van der Waals surface area contributed by atoms with Gasteiger partial charge >= 0.3 is 0 Å².